The van der Waals surface area contributed by atoms with E-state index in [0.717, 1.165) is 4.31 Å². The molecule has 10 heteroatoms. The van der Waals surface area contributed by atoms with Gasteiger partial charge in [-0.3, -0.25) is 4.90 Å². The van der Waals surface area contributed by atoms with E-state index in [-0.39, 0.29) is 13.1 Å². The van der Waals surface area contributed by atoms with E-state index in [0.29, 0.717) is 13.1 Å². The second-order valence-corrected chi connectivity index (χ2v) is 6.75. The summed E-state index contributed by atoms with van der Waals surface area (Å²) in [4.78, 5) is 1.79. The molecule has 0 atom stereocenters. The maximum atomic E-state index is 12.0. The zero-order valence-corrected chi connectivity index (χ0v) is 12.1. The Morgan fingerprint density at radius 1 is 1.20 bits per heavy atom. The van der Waals surface area contributed by atoms with Crippen LogP contribution in [0.15, 0.2) is 0 Å². The molecule has 1 heterocycles. The molecule has 0 radical (unpaired) electrons. The van der Waals surface area contributed by atoms with E-state index < -0.39 is 28.5 Å². The summed E-state index contributed by atoms with van der Waals surface area (Å²) in [5.41, 5.74) is -0.727. The maximum Gasteiger partial charge on any atom is 0.402 e. The van der Waals surface area contributed by atoms with Crippen LogP contribution in [0.2, 0.25) is 0 Å². The van der Waals surface area contributed by atoms with Crippen LogP contribution in [0.4, 0.5) is 13.2 Å². The van der Waals surface area contributed by atoms with Gasteiger partial charge < -0.3 is 0 Å². The number of hydrogen-bond donors (Lipinski definition) is 1. The third kappa shape index (κ3) is 4.59. The molecule has 0 aliphatic carbocycles. The highest BCUT2D eigenvalue weighted by Crippen LogP contribution is 2.18. The van der Waals surface area contributed by atoms with Gasteiger partial charge >= 0.3 is 6.18 Å². The first-order valence-electron chi connectivity index (χ1n) is 5.96. The average Bonchev–Trinajstić information content (AvgIpc) is 2.36. The normalized spacial score (nSPS) is 19.8. The summed E-state index contributed by atoms with van der Waals surface area (Å²) in [6, 6.07) is 2.10. The predicted molar refractivity (Wildman–Crippen MR) is 65.8 cm³/mol. The summed E-state index contributed by atoms with van der Waals surface area (Å²) in [6.45, 7) is 2.54. The van der Waals surface area contributed by atoms with E-state index in [1.54, 1.807) is 18.7 Å². The van der Waals surface area contributed by atoms with Crippen molar-refractivity contribution in [2.24, 2.45) is 0 Å². The van der Waals surface area contributed by atoms with Gasteiger partial charge in [0.25, 0.3) is 10.2 Å². The Kier molecular flexibility index (Phi) is 5.02. The van der Waals surface area contributed by atoms with Crippen molar-refractivity contribution in [2.75, 3.05) is 32.7 Å². The Morgan fingerprint density at radius 3 is 2.10 bits per heavy atom. The van der Waals surface area contributed by atoms with E-state index >= 15 is 0 Å². The van der Waals surface area contributed by atoms with Crippen LogP contribution in [0.25, 0.3) is 0 Å². The molecule has 1 rings (SSSR count). The van der Waals surface area contributed by atoms with Gasteiger partial charge in [-0.05, 0) is 13.8 Å². The zero-order chi connectivity index (χ0) is 15.6. The molecule has 20 heavy (non-hydrogen) atoms. The van der Waals surface area contributed by atoms with Gasteiger partial charge in [-0.1, -0.05) is 0 Å². The van der Waals surface area contributed by atoms with Crippen molar-refractivity contribution in [1.82, 2.24) is 13.9 Å². The molecule has 0 aromatic carbocycles. The van der Waals surface area contributed by atoms with Crippen molar-refractivity contribution in [3.05, 3.63) is 0 Å². The number of rotatable bonds is 4. The number of halogens is 3. The summed E-state index contributed by atoms with van der Waals surface area (Å²) in [7, 11) is -4.14. The summed E-state index contributed by atoms with van der Waals surface area (Å²) < 4.78 is 61.9. The lowest BCUT2D eigenvalue weighted by atomic mass is 10.0. The number of hydrogen-bond acceptors (Lipinski definition) is 4. The van der Waals surface area contributed by atoms with Crippen LogP contribution in [0.5, 0.6) is 0 Å². The van der Waals surface area contributed by atoms with Gasteiger partial charge in [-0.2, -0.15) is 35.9 Å². The molecule has 6 nitrogen and oxygen atoms in total. The fourth-order valence-electron chi connectivity index (χ4n) is 1.82. The van der Waals surface area contributed by atoms with Gasteiger partial charge in [0.1, 0.15) is 12.1 Å². The van der Waals surface area contributed by atoms with Crippen molar-refractivity contribution in [1.29, 1.82) is 5.26 Å². The molecule has 116 valence electrons. The highest BCUT2D eigenvalue weighted by atomic mass is 32.2. The number of nitrogens with one attached hydrogen (secondary N) is 1. The molecule has 1 aliphatic heterocycles. The van der Waals surface area contributed by atoms with E-state index in [1.807, 2.05) is 0 Å². The van der Waals surface area contributed by atoms with Crippen LogP contribution in [-0.4, -0.2) is 62.1 Å². The molecule has 0 spiro atoms. The van der Waals surface area contributed by atoms with Crippen molar-refractivity contribution in [3.63, 3.8) is 0 Å². The van der Waals surface area contributed by atoms with Crippen LogP contribution in [0, 0.1) is 11.3 Å². The second kappa shape index (κ2) is 5.85. The number of alkyl halides is 3. The standard InChI is InChI=1S/C10H17F3N4O2S/c1-9(2,7-14)16-3-5-17(6-4-16)20(18,19)15-8-10(11,12)13/h15H,3-6,8H2,1-2H3. The number of nitrogens with zero attached hydrogens (tertiary/aromatic N) is 3. The minimum atomic E-state index is -4.59. The lowest BCUT2D eigenvalue weighted by Gasteiger charge is -2.39. The lowest BCUT2D eigenvalue weighted by molar-refractivity contribution is -0.121. The fourth-order valence-corrected chi connectivity index (χ4v) is 3.00. The SMILES string of the molecule is CC(C)(C#N)N1CCN(S(=O)(=O)NCC(F)(F)F)CC1. The van der Waals surface area contributed by atoms with Crippen LogP contribution in [0.3, 0.4) is 0 Å². The largest absolute Gasteiger partial charge is 0.402 e. The molecule has 0 aromatic heterocycles. The third-order valence-electron chi connectivity index (χ3n) is 3.10. The van der Waals surface area contributed by atoms with Gasteiger partial charge in [0.15, 0.2) is 0 Å². The highest BCUT2D eigenvalue weighted by Gasteiger charge is 2.35. The Labute approximate surface area is 116 Å². The summed E-state index contributed by atoms with van der Waals surface area (Å²) in [6.07, 6.45) is -4.59. The first-order chi connectivity index (χ1) is 8.98. The minimum Gasteiger partial charge on any atom is -0.283 e. The highest BCUT2D eigenvalue weighted by molar-refractivity contribution is 7.87. The Balaban J connectivity index is 2.59. The molecule has 0 amide bonds. The minimum absolute atomic E-state index is 0.0539. The average molecular weight is 314 g/mol. The van der Waals surface area contributed by atoms with E-state index in [4.69, 9.17) is 5.26 Å². The summed E-state index contributed by atoms with van der Waals surface area (Å²) >= 11 is 0. The van der Waals surface area contributed by atoms with Gasteiger partial charge in [-0.15, -0.1) is 0 Å². The Morgan fingerprint density at radius 2 is 1.70 bits per heavy atom. The Bertz CT molecular complexity index is 476. The van der Waals surface area contributed by atoms with E-state index in [9.17, 15) is 21.6 Å². The molecule has 1 N–H and O–H groups in total. The molecule has 1 aliphatic rings. The van der Waals surface area contributed by atoms with Crippen LogP contribution in [0.1, 0.15) is 13.8 Å². The third-order valence-corrected chi connectivity index (χ3v) is 4.65. The van der Waals surface area contributed by atoms with Crippen molar-refractivity contribution >= 4 is 10.2 Å². The molecule has 0 saturated carbocycles. The monoisotopic (exact) mass is 314 g/mol. The van der Waals surface area contributed by atoms with Gasteiger partial charge in [0.05, 0.1) is 6.07 Å². The van der Waals surface area contributed by atoms with E-state index in [2.05, 4.69) is 6.07 Å². The van der Waals surface area contributed by atoms with Crippen molar-refractivity contribution in [2.45, 2.75) is 25.6 Å². The van der Waals surface area contributed by atoms with E-state index in [1.165, 1.54) is 4.72 Å². The second-order valence-electron chi connectivity index (χ2n) is 5.00. The van der Waals surface area contributed by atoms with Crippen LogP contribution >= 0.6 is 0 Å². The number of piperazine rings is 1. The van der Waals surface area contributed by atoms with Gasteiger partial charge in [0.2, 0.25) is 0 Å². The van der Waals surface area contributed by atoms with Gasteiger partial charge in [0, 0.05) is 26.2 Å². The molecule has 1 saturated heterocycles. The smallest absolute Gasteiger partial charge is 0.283 e. The van der Waals surface area contributed by atoms with Crippen LogP contribution < -0.4 is 4.72 Å². The first kappa shape index (κ1) is 17.2. The molecule has 1 fully saturated rings. The van der Waals surface area contributed by atoms with Gasteiger partial charge in [-0.25, -0.2) is 0 Å². The van der Waals surface area contributed by atoms with Crippen molar-refractivity contribution < 1.29 is 21.6 Å². The summed E-state index contributed by atoms with van der Waals surface area (Å²) in [5.74, 6) is 0. The molecule has 0 aromatic rings. The molecular formula is C10H17F3N4O2S. The Hall–Kier alpha value is -0.890. The zero-order valence-electron chi connectivity index (χ0n) is 11.2. The topological polar surface area (TPSA) is 76.4 Å². The first-order valence-corrected chi connectivity index (χ1v) is 7.40. The van der Waals surface area contributed by atoms with Crippen LogP contribution in [-0.2, 0) is 10.2 Å². The maximum absolute atomic E-state index is 12.0. The lowest BCUT2D eigenvalue weighted by Crippen LogP contribution is -2.57. The summed E-state index contributed by atoms with van der Waals surface area (Å²) in [5, 5.41) is 8.98. The molecular weight excluding hydrogens is 297 g/mol. The van der Waals surface area contributed by atoms with Crippen molar-refractivity contribution in [3.8, 4) is 6.07 Å². The fraction of sp³-hybridized carbons (Fsp3) is 0.900. The number of nitriles is 1. The quantitative estimate of drug-likeness (QED) is 0.810. The molecule has 0 bridgehead atoms. The predicted octanol–water partition coefficient (Wildman–Crippen LogP) is 0.303. The molecule has 0 unspecified atom stereocenters.